The van der Waals surface area contributed by atoms with Crippen molar-refractivity contribution in [2.24, 2.45) is 0 Å². The number of amides is 1. The van der Waals surface area contributed by atoms with E-state index in [-0.39, 0.29) is 11.9 Å². The van der Waals surface area contributed by atoms with E-state index >= 15 is 0 Å². The molecule has 166 valence electrons. The topological polar surface area (TPSA) is 41.6 Å². The zero-order valence-corrected chi connectivity index (χ0v) is 20.3. The van der Waals surface area contributed by atoms with Crippen molar-refractivity contribution >= 4 is 44.2 Å². The van der Waals surface area contributed by atoms with Gasteiger partial charge in [-0.15, -0.1) is 0 Å². The van der Waals surface area contributed by atoms with Crippen LogP contribution in [0, 0.1) is 0 Å². The van der Waals surface area contributed by atoms with Gasteiger partial charge in [0.25, 0.3) is 5.91 Å². The number of nitrogens with one attached hydrogen (secondary N) is 1. The monoisotopic (exact) mass is 512 g/mol. The molecule has 2 saturated heterocycles. The normalized spacial score (nSPS) is 22.8. The van der Waals surface area contributed by atoms with Crippen LogP contribution in [0.25, 0.3) is 10.8 Å². The first-order chi connectivity index (χ1) is 15.5. The molecule has 0 aliphatic carbocycles. The molecule has 1 amide bonds. The summed E-state index contributed by atoms with van der Waals surface area (Å²) in [7, 11) is 1.63. The number of carbonyl (C=O) groups is 1. The van der Waals surface area contributed by atoms with Gasteiger partial charge in [0.2, 0.25) is 0 Å². The summed E-state index contributed by atoms with van der Waals surface area (Å²) in [5.74, 6) is 0.563. The molecule has 5 rings (SSSR count). The van der Waals surface area contributed by atoms with Gasteiger partial charge in [-0.05, 0) is 54.8 Å². The van der Waals surface area contributed by atoms with E-state index in [9.17, 15) is 4.79 Å². The third kappa shape index (κ3) is 4.14. The highest BCUT2D eigenvalue weighted by Crippen LogP contribution is 2.38. The van der Waals surface area contributed by atoms with E-state index in [1.54, 1.807) is 7.11 Å². The van der Waals surface area contributed by atoms with Crippen molar-refractivity contribution < 1.29 is 9.53 Å². The van der Waals surface area contributed by atoms with Crippen molar-refractivity contribution in [1.82, 2.24) is 10.2 Å². The van der Waals surface area contributed by atoms with Gasteiger partial charge in [-0.3, -0.25) is 9.69 Å². The molecule has 2 bridgehead atoms. The highest BCUT2D eigenvalue weighted by atomic mass is 79.9. The predicted molar refractivity (Wildman–Crippen MR) is 132 cm³/mol. The molecular formula is C26H26BrClN2O2. The molecule has 1 N–H and O–H groups in total. The largest absolute Gasteiger partial charge is 0.495 e. The van der Waals surface area contributed by atoms with Crippen LogP contribution in [0.15, 0.2) is 59.1 Å². The van der Waals surface area contributed by atoms with Crippen molar-refractivity contribution in [2.45, 2.75) is 50.4 Å². The predicted octanol–water partition coefficient (Wildman–Crippen LogP) is 6.19. The van der Waals surface area contributed by atoms with Gasteiger partial charge < -0.3 is 10.1 Å². The molecule has 0 saturated carbocycles. The quantitative estimate of drug-likeness (QED) is 0.442. The maximum absolute atomic E-state index is 13.3. The van der Waals surface area contributed by atoms with Gasteiger partial charge in [0.1, 0.15) is 5.75 Å². The second-order valence-electron chi connectivity index (χ2n) is 8.81. The average Bonchev–Trinajstić information content (AvgIpc) is 3.02. The van der Waals surface area contributed by atoms with E-state index < -0.39 is 0 Å². The van der Waals surface area contributed by atoms with E-state index in [1.807, 2.05) is 42.5 Å². The maximum Gasteiger partial charge on any atom is 0.255 e. The Morgan fingerprint density at radius 3 is 2.41 bits per heavy atom. The van der Waals surface area contributed by atoms with Crippen LogP contribution in [0.2, 0.25) is 5.02 Å². The zero-order valence-electron chi connectivity index (χ0n) is 18.0. The first kappa shape index (κ1) is 21.7. The molecule has 4 nitrogen and oxygen atoms in total. The van der Waals surface area contributed by atoms with Crippen molar-refractivity contribution in [1.29, 1.82) is 0 Å². The summed E-state index contributed by atoms with van der Waals surface area (Å²) in [6, 6.07) is 19.2. The lowest BCUT2D eigenvalue weighted by Gasteiger charge is -2.39. The van der Waals surface area contributed by atoms with E-state index in [0.717, 1.165) is 39.7 Å². The molecule has 0 radical (unpaired) electrons. The minimum atomic E-state index is -0.0659. The number of benzene rings is 3. The first-order valence-corrected chi connectivity index (χ1v) is 12.3. The molecule has 2 atom stereocenters. The average molecular weight is 514 g/mol. The van der Waals surface area contributed by atoms with E-state index in [2.05, 4.69) is 38.3 Å². The van der Waals surface area contributed by atoms with Crippen LogP contribution in [0.5, 0.6) is 5.75 Å². The summed E-state index contributed by atoms with van der Waals surface area (Å²) in [5, 5.41) is 6.06. The third-order valence-corrected chi connectivity index (χ3v) is 7.80. The lowest BCUT2D eigenvalue weighted by Crippen LogP contribution is -2.50. The van der Waals surface area contributed by atoms with Crippen LogP contribution in [0.3, 0.4) is 0 Å². The molecule has 0 spiro atoms. The van der Waals surface area contributed by atoms with Gasteiger partial charge in [0.15, 0.2) is 0 Å². The number of fused-ring (bicyclic) bond motifs is 3. The molecule has 2 aliphatic rings. The third-order valence-electron chi connectivity index (χ3n) is 6.89. The molecular weight excluding hydrogens is 488 g/mol. The Bertz CT molecular complexity index is 1140. The van der Waals surface area contributed by atoms with E-state index in [4.69, 9.17) is 16.3 Å². The van der Waals surface area contributed by atoms with Crippen molar-refractivity contribution in [3.05, 3.63) is 75.2 Å². The van der Waals surface area contributed by atoms with Crippen molar-refractivity contribution in [3.63, 3.8) is 0 Å². The second kappa shape index (κ2) is 9.05. The van der Waals surface area contributed by atoms with Crippen LogP contribution < -0.4 is 10.1 Å². The number of piperidine rings is 1. The zero-order chi connectivity index (χ0) is 22.2. The Kier molecular flexibility index (Phi) is 6.15. The standard InChI is InChI=1S/C26H26BrClN2O2/c1-32-25-22-5-3-2-4-21(22)24(27)14-23(25)26(31)29-18-12-19-10-11-20(13-18)30(19)15-16-6-8-17(28)9-7-16/h2-9,14,18-20H,10-13,15H2,1H3,(H,29,31). The Hall–Kier alpha value is -2.08. The summed E-state index contributed by atoms with van der Waals surface area (Å²) < 4.78 is 6.57. The van der Waals surface area contributed by atoms with E-state index in [0.29, 0.717) is 23.4 Å². The summed E-state index contributed by atoms with van der Waals surface area (Å²) in [6.45, 7) is 0.943. The number of halogens is 2. The highest BCUT2D eigenvalue weighted by Gasteiger charge is 2.41. The molecule has 3 aromatic carbocycles. The molecule has 6 heteroatoms. The van der Waals surface area contributed by atoms with Crippen LogP contribution in [0.1, 0.15) is 41.6 Å². The fraction of sp³-hybridized carbons (Fsp3) is 0.346. The number of carbonyl (C=O) groups excluding carboxylic acids is 1. The lowest BCUT2D eigenvalue weighted by atomic mass is 9.96. The van der Waals surface area contributed by atoms with Gasteiger partial charge in [-0.2, -0.15) is 0 Å². The SMILES string of the molecule is COc1c(C(=O)NC2CC3CCC(C2)N3Cc2ccc(Cl)cc2)cc(Br)c2ccccc12. The van der Waals surface area contributed by atoms with Crippen LogP contribution in [-0.4, -0.2) is 36.0 Å². The van der Waals surface area contributed by atoms with Gasteiger partial charge in [-0.25, -0.2) is 0 Å². The maximum atomic E-state index is 13.3. The number of ether oxygens (including phenoxy) is 1. The molecule has 32 heavy (non-hydrogen) atoms. The summed E-state index contributed by atoms with van der Waals surface area (Å²) in [5.41, 5.74) is 1.87. The first-order valence-electron chi connectivity index (χ1n) is 11.1. The highest BCUT2D eigenvalue weighted by molar-refractivity contribution is 9.10. The molecule has 2 unspecified atom stereocenters. The summed E-state index contributed by atoms with van der Waals surface area (Å²) in [6.07, 6.45) is 4.34. The minimum absolute atomic E-state index is 0.0659. The van der Waals surface area contributed by atoms with Crippen LogP contribution in [-0.2, 0) is 6.54 Å². The van der Waals surface area contributed by atoms with Crippen LogP contribution in [0.4, 0.5) is 0 Å². The van der Waals surface area contributed by atoms with Gasteiger partial charge in [0.05, 0.1) is 12.7 Å². The smallest absolute Gasteiger partial charge is 0.255 e. The Morgan fingerprint density at radius 1 is 1.09 bits per heavy atom. The molecule has 3 aromatic rings. The minimum Gasteiger partial charge on any atom is -0.495 e. The fourth-order valence-electron chi connectivity index (χ4n) is 5.41. The van der Waals surface area contributed by atoms with E-state index in [1.165, 1.54) is 18.4 Å². The molecule has 0 aromatic heterocycles. The number of rotatable bonds is 5. The Balaban J connectivity index is 1.31. The molecule has 2 aliphatic heterocycles. The van der Waals surface area contributed by atoms with Crippen LogP contribution >= 0.6 is 27.5 Å². The molecule has 2 fully saturated rings. The number of methoxy groups -OCH3 is 1. The second-order valence-corrected chi connectivity index (χ2v) is 10.1. The van der Waals surface area contributed by atoms with Crippen molar-refractivity contribution in [2.75, 3.05) is 7.11 Å². The summed E-state index contributed by atoms with van der Waals surface area (Å²) >= 11 is 9.67. The fourth-order valence-corrected chi connectivity index (χ4v) is 6.11. The van der Waals surface area contributed by atoms with Crippen molar-refractivity contribution in [3.8, 4) is 5.75 Å². The van der Waals surface area contributed by atoms with Gasteiger partial charge in [0, 0.05) is 39.6 Å². The van der Waals surface area contributed by atoms with Gasteiger partial charge in [-0.1, -0.05) is 63.9 Å². The number of hydrogen-bond donors (Lipinski definition) is 1. The lowest BCUT2D eigenvalue weighted by molar-refractivity contribution is 0.0825. The summed E-state index contributed by atoms with van der Waals surface area (Å²) in [4.78, 5) is 15.9. The molecule has 2 heterocycles. The Labute approximate surface area is 202 Å². The van der Waals surface area contributed by atoms with Gasteiger partial charge >= 0.3 is 0 Å². The Morgan fingerprint density at radius 2 is 1.75 bits per heavy atom. The number of nitrogens with zero attached hydrogens (tertiary/aromatic N) is 1. The number of hydrogen-bond acceptors (Lipinski definition) is 3.